The van der Waals surface area contributed by atoms with Crippen molar-refractivity contribution in [3.8, 4) is 0 Å². The zero-order valence-corrected chi connectivity index (χ0v) is 14.8. The van der Waals surface area contributed by atoms with Gasteiger partial charge in [-0.05, 0) is 0 Å². The van der Waals surface area contributed by atoms with Crippen LogP contribution in [-0.4, -0.2) is 64.3 Å². The van der Waals surface area contributed by atoms with Crippen LogP contribution in [0, 0.1) is 0 Å². The van der Waals surface area contributed by atoms with E-state index in [2.05, 4.69) is 54.4 Å². The molecule has 0 saturated heterocycles. The molecule has 0 rings (SSSR count). The zero-order chi connectivity index (χ0) is 11.2. The van der Waals surface area contributed by atoms with Gasteiger partial charge < -0.3 is 42.9 Å². The van der Waals surface area contributed by atoms with Gasteiger partial charge in [0, 0.05) is 12.8 Å². The summed E-state index contributed by atoms with van der Waals surface area (Å²) in [5.74, 6) is 0. The Morgan fingerprint density at radius 1 is 0.625 bits per heavy atom. The quantitative estimate of drug-likeness (QED) is 0.333. The van der Waals surface area contributed by atoms with Gasteiger partial charge in [-0.25, -0.2) is 0 Å². The third-order valence-corrected chi connectivity index (χ3v) is 2.10. The molecule has 0 radical (unpaired) electrons. The summed E-state index contributed by atoms with van der Waals surface area (Å²) in [5, 5.41) is 0. The van der Waals surface area contributed by atoms with Crippen LogP contribution in [0.2, 0.25) is 0 Å². The van der Waals surface area contributed by atoms with Crippen molar-refractivity contribution in [3.63, 3.8) is 0 Å². The molecule has 0 fully saturated rings. The van der Waals surface area contributed by atoms with Crippen molar-refractivity contribution >= 4 is 0 Å². The van der Waals surface area contributed by atoms with Gasteiger partial charge in [-0.3, -0.25) is 0 Å². The summed E-state index contributed by atoms with van der Waals surface area (Å²) in [6.07, 6.45) is 7.03. The number of rotatable bonds is 6. The van der Waals surface area contributed by atoms with E-state index in [0.717, 1.165) is 8.97 Å². The minimum Gasteiger partial charge on any atom is -1.00 e. The first kappa shape index (κ1) is 21.9. The molecule has 0 saturated carbocycles. The predicted octanol–water partition coefficient (Wildman–Crippen LogP) is -4.26. The van der Waals surface area contributed by atoms with Crippen LogP contribution in [0.3, 0.4) is 0 Å². The van der Waals surface area contributed by atoms with E-state index in [4.69, 9.17) is 0 Å². The van der Waals surface area contributed by atoms with Gasteiger partial charge in [-0.15, -0.1) is 0 Å². The number of nitrogens with zero attached hydrogens (tertiary/aromatic N) is 2. The van der Waals surface area contributed by atoms with E-state index < -0.39 is 0 Å². The fourth-order valence-electron chi connectivity index (χ4n) is 1.16. The Balaban J connectivity index is -0.000000845. The fraction of sp³-hybridized carbons (Fsp3) is 0.833. The third kappa shape index (κ3) is 20.1. The van der Waals surface area contributed by atoms with Crippen molar-refractivity contribution in [1.82, 2.24) is 0 Å². The van der Waals surface area contributed by atoms with Crippen molar-refractivity contribution in [2.75, 3.05) is 55.4 Å². The Kier molecular flexibility index (Phi) is 13.2. The molecule has 0 unspecified atom stereocenters. The lowest BCUT2D eigenvalue weighted by molar-refractivity contribution is -0.870. The highest BCUT2D eigenvalue weighted by Gasteiger charge is 2.04. The fourth-order valence-corrected chi connectivity index (χ4v) is 1.16. The van der Waals surface area contributed by atoms with Crippen molar-refractivity contribution in [3.05, 3.63) is 12.2 Å². The highest BCUT2D eigenvalue weighted by molar-refractivity contribution is 4.81. The zero-order valence-electron chi connectivity index (χ0n) is 11.6. The molecule has 0 aromatic rings. The molecule has 0 atom stereocenters. The lowest BCUT2D eigenvalue weighted by atomic mass is 10.3. The molecule has 4 heteroatoms. The van der Waals surface area contributed by atoms with Crippen molar-refractivity contribution < 1.29 is 42.9 Å². The first-order valence-electron chi connectivity index (χ1n) is 5.47. The van der Waals surface area contributed by atoms with Crippen LogP contribution in [-0.2, 0) is 0 Å². The van der Waals surface area contributed by atoms with E-state index in [1.165, 1.54) is 25.9 Å². The maximum atomic E-state index is 2.32. The summed E-state index contributed by atoms with van der Waals surface area (Å²) in [4.78, 5) is 0. The molecular weight excluding hydrogens is 332 g/mol. The van der Waals surface area contributed by atoms with Gasteiger partial charge in [-0.1, -0.05) is 12.2 Å². The molecule has 0 spiro atoms. The molecule has 16 heavy (non-hydrogen) atoms. The van der Waals surface area contributed by atoms with Crippen LogP contribution < -0.4 is 34.0 Å². The van der Waals surface area contributed by atoms with E-state index in [-0.39, 0.29) is 34.0 Å². The van der Waals surface area contributed by atoms with Gasteiger partial charge in [0.1, 0.15) is 0 Å². The molecule has 0 bridgehead atoms. The van der Waals surface area contributed by atoms with E-state index in [0.29, 0.717) is 0 Å². The van der Waals surface area contributed by atoms with Gasteiger partial charge in [0.05, 0.1) is 55.4 Å². The summed E-state index contributed by atoms with van der Waals surface area (Å²) >= 11 is 0. The molecule has 0 aliphatic rings. The first-order chi connectivity index (χ1) is 6.21. The number of halogens is 2. The van der Waals surface area contributed by atoms with E-state index in [1.807, 2.05) is 0 Å². The monoisotopic (exact) mass is 358 g/mol. The van der Waals surface area contributed by atoms with Crippen LogP contribution in [0.25, 0.3) is 0 Å². The normalized spacial score (nSPS) is 12.1. The first-order valence-corrected chi connectivity index (χ1v) is 5.47. The Morgan fingerprint density at radius 2 is 0.875 bits per heavy atom. The molecule has 0 heterocycles. The third-order valence-electron chi connectivity index (χ3n) is 2.10. The summed E-state index contributed by atoms with van der Waals surface area (Å²) < 4.78 is 2.11. The van der Waals surface area contributed by atoms with Gasteiger partial charge in [-0.2, -0.15) is 0 Å². The molecule has 100 valence electrons. The van der Waals surface area contributed by atoms with Gasteiger partial charge in [0.2, 0.25) is 0 Å². The van der Waals surface area contributed by atoms with Crippen LogP contribution in [0.1, 0.15) is 12.8 Å². The SMILES string of the molecule is C[N+](C)(C)CC/C=C/CC[N+](C)(C)C.[Br-].[Br-]. The van der Waals surface area contributed by atoms with E-state index in [9.17, 15) is 0 Å². The maximum Gasteiger partial charge on any atom is 0.0815 e. The molecule has 0 aromatic heterocycles. The van der Waals surface area contributed by atoms with E-state index >= 15 is 0 Å². The topological polar surface area (TPSA) is 0 Å². The number of hydrogen-bond acceptors (Lipinski definition) is 0. The smallest absolute Gasteiger partial charge is 0.0815 e. The standard InChI is InChI=1S/C12H28N2.2BrH/c1-13(2,3)11-9-7-8-10-12-14(4,5)6;;/h7-8H,9-12H2,1-6H3;2*1H/q+2;;/p-2/b8-7+;;. The average Bonchev–Trinajstić information content (AvgIpc) is 1.92. The summed E-state index contributed by atoms with van der Waals surface area (Å²) in [6, 6.07) is 0. The van der Waals surface area contributed by atoms with Gasteiger partial charge in [0.15, 0.2) is 0 Å². The summed E-state index contributed by atoms with van der Waals surface area (Å²) in [6.45, 7) is 2.45. The van der Waals surface area contributed by atoms with Crippen molar-refractivity contribution in [1.29, 1.82) is 0 Å². The largest absolute Gasteiger partial charge is 1.00 e. The minimum absolute atomic E-state index is 0. The second kappa shape index (κ2) is 9.63. The van der Waals surface area contributed by atoms with Crippen LogP contribution in [0.15, 0.2) is 12.2 Å². The Morgan fingerprint density at radius 3 is 1.06 bits per heavy atom. The molecular formula is C12H28Br2N2. The second-order valence-corrected chi connectivity index (χ2v) is 6.08. The molecule has 0 amide bonds. The van der Waals surface area contributed by atoms with Crippen molar-refractivity contribution in [2.45, 2.75) is 12.8 Å². The molecule has 0 N–H and O–H groups in total. The maximum absolute atomic E-state index is 2.32. The Bertz CT molecular complexity index is 158. The highest BCUT2D eigenvalue weighted by Crippen LogP contribution is 1.98. The number of hydrogen-bond donors (Lipinski definition) is 0. The van der Waals surface area contributed by atoms with Crippen LogP contribution in [0.5, 0.6) is 0 Å². The predicted molar refractivity (Wildman–Crippen MR) is 64.2 cm³/mol. The lowest BCUT2D eigenvalue weighted by Gasteiger charge is -2.23. The Hall–Kier alpha value is 0.620. The highest BCUT2D eigenvalue weighted by atomic mass is 79.9. The molecule has 0 aliphatic heterocycles. The summed E-state index contributed by atoms with van der Waals surface area (Å²) in [7, 11) is 13.4. The molecule has 0 aromatic carbocycles. The average molecular weight is 360 g/mol. The van der Waals surface area contributed by atoms with Crippen molar-refractivity contribution in [2.24, 2.45) is 0 Å². The van der Waals surface area contributed by atoms with Gasteiger partial charge in [0.25, 0.3) is 0 Å². The molecule has 0 aliphatic carbocycles. The lowest BCUT2D eigenvalue weighted by Crippen LogP contribution is -3.00. The molecule has 2 nitrogen and oxygen atoms in total. The van der Waals surface area contributed by atoms with Crippen LogP contribution in [0.4, 0.5) is 0 Å². The number of quaternary nitrogens is 2. The summed E-state index contributed by atoms with van der Waals surface area (Å²) in [5.41, 5.74) is 0. The second-order valence-electron chi connectivity index (χ2n) is 6.08. The van der Waals surface area contributed by atoms with Crippen LogP contribution >= 0.6 is 0 Å². The minimum atomic E-state index is 0. The van der Waals surface area contributed by atoms with Gasteiger partial charge >= 0.3 is 0 Å². The van der Waals surface area contributed by atoms with E-state index in [1.54, 1.807) is 0 Å². The Labute approximate surface area is 123 Å².